The highest BCUT2D eigenvalue weighted by atomic mass is 16.5. The van der Waals surface area contributed by atoms with E-state index in [1.165, 1.54) is 12.3 Å². The van der Waals surface area contributed by atoms with E-state index in [1.807, 2.05) is 40.8 Å². The van der Waals surface area contributed by atoms with Crippen molar-refractivity contribution in [2.75, 3.05) is 27.3 Å². The Morgan fingerprint density at radius 1 is 1.26 bits per heavy atom. The molecule has 1 aromatic heterocycles. The highest BCUT2D eigenvalue weighted by molar-refractivity contribution is 5.28. The van der Waals surface area contributed by atoms with Gasteiger partial charge in [-0.1, -0.05) is 12.1 Å². The SMILES string of the molecule is COc1ccc(Cn2cc(O)c(=O)cc2CN(C)CCO)cc1. The Balaban J connectivity index is 2.27. The Hall–Kier alpha value is -2.31. The van der Waals surface area contributed by atoms with Crippen LogP contribution in [0.4, 0.5) is 0 Å². The molecule has 0 unspecified atom stereocenters. The maximum atomic E-state index is 11.7. The molecular weight excluding hydrogens is 296 g/mol. The summed E-state index contributed by atoms with van der Waals surface area (Å²) in [5.41, 5.74) is 1.41. The highest BCUT2D eigenvalue weighted by Gasteiger charge is 2.09. The molecule has 2 rings (SSSR count). The molecule has 0 spiro atoms. The predicted octanol–water partition coefficient (Wildman–Crippen LogP) is 1.03. The summed E-state index contributed by atoms with van der Waals surface area (Å²) in [6, 6.07) is 9.06. The van der Waals surface area contributed by atoms with Crippen LogP contribution in [0, 0.1) is 0 Å². The van der Waals surface area contributed by atoms with Crippen LogP contribution >= 0.6 is 0 Å². The second-order valence-electron chi connectivity index (χ2n) is 5.45. The van der Waals surface area contributed by atoms with Gasteiger partial charge in [0.15, 0.2) is 5.75 Å². The van der Waals surface area contributed by atoms with Crippen LogP contribution in [0.3, 0.4) is 0 Å². The van der Waals surface area contributed by atoms with Crippen molar-refractivity contribution in [2.45, 2.75) is 13.1 Å². The van der Waals surface area contributed by atoms with Crippen LogP contribution in [0.5, 0.6) is 11.5 Å². The standard InChI is InChI=1S/C17H22N2O4/c1-18(7-8-20)11-14-9-16(21)17(22)12-19(14)10-13-3-5-15(23-2)6-4-13/h3-6,9,12,20,22H,7-8,10-11H2,1-2H3. The number of aromatic nitrogens is 1. The molecule has 0 aliphatic heterocycles. The number of aromatic hydroxyl groups is 1. The zero-order chi connectivity index (χ0) is 16.8. The average molecular weight is 318 g/mol. The minimum absolute atomic E-state index is 0.0529. The Morgan fingerprint density at radius 2 is 1.96 bits per heavy atom. The summed E-state index contributed by atoms with van der Waals surface area (Å²) in [5, 5.41) is 18.7. The molecule has 23 heavy (non-hydrogen) atoms. The summed E-state index contributed by atoms with van der Waals surface area (Å²) in [6.07, 6.45) is 1.45. The van der Waals surface area contributed by atoms with E-state index in [1.54, 1.807) is 7.11 Å². The van der Waals surface area contributed by atoms with Gasteiger partial charge in [-0.05, 0) is 24.7 Å². The molecule has 0 aliphatic rings. The number of hydrogen-bond donors (Lipinski definition) is 2. The molecule has 6 nitrogen and oxygen atoms in total. The van der Waals surface area contributed by atoms with Gasteiger partial charge in [0.25, 0.3) is 0 Å². The topological polar surface area (TPSA) is 74.9 Å². The van der Waals surface area contributed by atoms with Crippen LogP contribution in [0.15, 0.2) is 41.3 Å². The fourth-order valence-corrected chi connectivity index (χ4v) is 2.34. The van der Waals surface area contributed by atoms with Crippen molar-refractivity contribution in [2.24, 2.45) is 0 Å². The van der Waals surface area contributed by atoms with Gasteiger partial charge in [-0.25, -0.2) is 0 Å². The number of hydrogen-bond acceptors (Lipinski definition) is 5. The van der Waals surface area contributed by atoms with E-state index >= 15 is 0 Å². The van der Waals surface area contributed by atoms with E-state index in [0.29, 0.717) is 19.6 Å². The van der Waals surface area contributed by atoms with Gasteiger partial charge < -0.3 is 19.5 Å². The molecule has 0 bridgehead atoms. The van der Waals surface area contributed by atoms with E-state index in [9.17, 15) is 9.90 Å². The molecule has 0 saturated carbocycles. The Labute approximate surface area is 135 Å². The lowest BCUT2D eigenvalue weighted by Crippen LogP contribution is -2.25. The minimum Gasteiger partial charge on any atom is -0.503 e. The molecular formula is C17H22N2O4. The van der Waals surface area contributed by atoms with Crippen LogP contribution < -0.4 is 10.2 Å². The molecule has 0 radical (unpaired) electrons. The first-order valence-electron chi connectivity index (χ1n) is 7.38. The minimum atomic E-state index is -0.400. The second-order valence-corrected chi connectivity index (χ2v) is 5.45. The van der Waals surface area contributed by atoms with Gasteiger partial charge in [-0.3, -0.25) is 9.69 Å². The zero-order valence-corrected chi connectivity index (χ0v) is 13.4. The fourth-order valence-electron chi connectivity index (χ4n) is 2.34. The summed E-state index contributed by atoms with van der Waals surface area (Å²) in [5.74, 6) is 0.506. The predicted molar refractivity (Wildman–Crippen MR) is 87.9 cm³/mol. The van der Waals surface area contributed by atoms with E-state index in [4.69, 9.17) is 9.84 Å². The first-order valence-corrected chi connectivity index (χ1v) is 7.38. The molecule has 2 aromatic rings. The van der Waals surface area contributed by atoms with Crippen LogP contribution in [-0.4, -0.2) is 47.0 Å². The number of methoxy groups -OCH3 is 1. The molecule has 1 aromatic carbocycles. The molecule has 2 N–H and O–H groups in total. The molecule has 124 valence electrons. The van der Waals surface area contributed by atoms with Crippen LogP contribution in [0.25, 0.3) is 0 Å². The number of aliphatic hydroxyl groups excluding tert-OH is 1. The van der Waals surface area contributed by atoms with E-state index in [-0.39, 0.29) is 12.4 Å². The lowest BCUT2D eigenvalue weighted by molar-refractivity contribution is 0.214. The summed E-state index contributed by atoms with van der Waals surface area (Å²) >= 11 is 0. The Morgan fingerprint density at radius 3 is 2.57 bits per heavy atom. The van der Waals surface area contributed by atoms with Crippen LogP contribution in [0.1, 0.15) is 11.3 Å². The van der Waals surface area contributed by atoms with Gasteiger partial charge in [-0.2, -0.15) is 0 Å². The van der Waals surface area contributed by atoms with Gasteiger partial charge in [0.05, 0.1) is 19.9 Å². The van der Waals surface area contributed by atoms with Crippen molar-refractivity contribution in [3.05, 3.63) is 58.0 Å². The van der Waals surface area contributed by atoms with Crippen molar-refractivity contribution in [3.8, 4) is 11.5 Å². The number of benzene rings is 1. The average Bonchev–Trinajstić information content (AvgIpc) is 2.53. The van der Waals surface area contributed by atoms with Gasteiger partial charge in [0.2, 0.25) is 5.43 Å². The third-order valence-electron chi connectivity index (χ3n) is 3.62. The van der Waals surface area contributed by atoms with Crippen LogP contribution in [-0.2, 0) is 13.1 Å². The third-order valence-corrected chi connectivity index (χ3v) is 3.62. The first kappa shape index (κ1) is 17.1. The quantitative estimate of drug-likeness (QED) is 0.798. The highest BCUT2D eigenvalue weighted by Crippen LogP contribution is 2.15. The second kappa shape index (κ2) is 7.80. The number of pyridine rings is 1. The largest absolute Gasteiger partial charge is 0.503 e. The van der Waals surface area contributed by atoms with E-state index in [2.05, 4.69) is 0 Å². The summed E-state index contributed by atoms with van der Waals surface area (Å²) < 4.78 is 6.98. The molecule has 0 amide bonds. The summed E-state index contributed by atoms with van der Waals surface area (Å²) in [6.45, 7) is 1.60. The maximum Gasteiger partial charge on any atom is 0.223 e. The molecule has 0 saturated heterocycles. The number of likely N-dealkylation sites (N-methyl/N-ethyl adjacent to an activating group) is 1. The van der Waals surface area contributed by atoms with Crippen molar-refractivity contribution < 1.29 is 14.9 Å². The summed E-state index contributed by atoms with van der Waals surface area (Å²) in [4.78, 5) is 13.6. The molecule has 6 heteroatoms. The summed E-state index contributed by atoms with van der Waals surface area (Å²) in [7, 11) is 3.48. The molecule has 1 heterocycles. The van der Waals surface area contributed by atoms with Gasteiger partial charge >= 0.3 is 0 Å². The normalized spacial score (nSPS) is 11.0. The maximum absolute atomic E-state index is 11.7. The van der Waals surface area contributed by atoms with Crippen molar-refractivity contribution in [1.82, 2.24) is 9.47 Å². The molecule has 0 fully saturated rings. The lowest BCUT2D eigenvalue weighted by Gasteiger charge is -2.20. The smallest absolute Gasteiger partial charge is 0.223 e. The fraction of sp³-hybridized carbons (Fsp3) is 0.353. The lowest BCUT2D eigenvalue weighted by atomic mass is 10.2. The van der Waals surface area contributed by atoms with Gasteiger partial charge in [0.1, 0.15) is 5.75 Å². The Bertz CT molecular complexity index is 695. The van der Waals surface area contributed by atoms with E-state index in [0.717, 1.165) is 17.0 Å². The van der Waals surface area contributed by atoms with Crippen molar-refractivity contribution in [1.29, 1.82) is 0 Å². The van der Waals surface area contributed by atoms with Crippen molar-refractivity contribution >= 4 is 0 Å². The Kier molecular flexibility index (Phi) is 5.78. The number of ether oxygens (including phenoxy) is 1. The monoisotopic (exact) mass is 318 g/mol. The van der Waals surface area contributed by atoms with Crippen LogP contribution in [0.2, 0.25) is 0 Å². The molecule has 0 aliphatic carbocycles. The molecule has 0 atom stereocenters. The number of aliphatic hydroxyl groups is 1. The van der Waals surface area contributed by atoms with Gasteiger partial charge in [0, 0.05) is 31.4 Å². The zero-order valence-electron chi connectivity index (χ0n) is 13.4. The first-order chi connectivity index (χ1) is 11.0. The van der Waals surface area contributed by atoms with Crippen molar-refractivity contribution in [3.63, 3.8) is 0 Å². The van der Waals surface area contributed by atoms with E-state index < -0.39 is 5.43 Å². The number of nitrogens with zero attached hydrogens (tertiary/aromatic N) is 2. The van der Waals surface area contributed by atoms with Gasteiger partial charge in [-0.15, -0.1) is 0 Å². The third kappa shape index (κ3) is 4.58. The number of rotatable bonds is 7.